The van der Waals surface area contributed by atoms with E-state index in [1.165, 1.54) is 9.67 Å². The van der Waals surface area contributed by atoms with Crippen molar-refractivity contribution < 1.29 is 0 Å². The van der Waals surface area contributed by atoms with Crippen molar-refractivity contribution in [3.8, 4) is 0 Å². The highest BCUT2D eigenvalue weighted by atomic mass is 79.9. The van der Waals surface area contributed by atoms with Gasteiger partial charge >= 0.3 is 0 Å². The van der Waals surface area contributed by atoms with Gasteiger partial charge in [0.1, 0.15) is 0 Å². The lowest BCUT2D eigenvalue weighted by Crippen LogP contribution is -2.24. The van der Waals surface area contributed by atoms with Gasteiger partial charge in [-0.05, 0) is 45.6 Å². The van der Waals surface area contributed by atoms with E-state index in [9.17, 15) is 0 Å². The van der Waals surface area contributed by atoms with Crippen LogP contribution in [0.25, 0.3) is 0 Å². The largest absolute Gasteiger partial charge is 0.309 e. The lowest BCUT2D eigenvalue weighted by molar-refractivity contribution is 0.522. The van der Waals surface area contributed by atoms with E-state index in [4.69, 9.17) is 0 Å². The van der Waals surface area contributed by atoms with Crippen molar-refractivity contribution in [3.63, 3.8) is 0 Å². The average molecular weight is 330 g/mol. The zero-order valence-corrected chi connectivity index (χ0v) is 12.8. The van der Waals surface area contributed by atoms with Gasteiger partial charge in [0, 0.05) is 21.8 Å². The summed E-state index contributed by atoms with van der Waals surface area (Å²) in [4.78, 5) is 2.78. The molecule has 18 heavy (non-hydrogen) atoms. The molecule has 2 aromatic heterocycles. The number of aryl methyl sites for hydroxylation is 1. The van der Waals surface area contributed by atoms with Gasteiger partial charge in [-0.2, -0.15) is 4.80 Å². The predicted molar refractivity (Wildman–Crippen MR) is 75.6 cm³/mol. The fraction of sp³-hybridized carbons (Fsp3) is 0.545. The molecule has 1 unspecified atom stereocenters. The first-order valence-corrected chi connectivity index (χ1v) is 7.57. The molecule has 2 heterocycles. The van der Waals surface area contributed by atoms with Crippen molar-refractivity contribution in [1.29, 1.82) is 0 Å². The maximum Gasteiger partial charge on any atom is 0.176 e. The minimum absolute atomic E-state index is 0.239. The average Bonchev–Trinajstić information content (AvgIpc) is 2.93. The molecule has 2 rings (SSSR count). The third-order valence-electron chi connectivity index (χ3n) is 2.54. The second-order valence-electron chi connectivity index (χ2n) is 4.04. The highest BCUT2D eigenvalue weighted by Gasteiger charge is 2.18. The standard InChI is InChI=1S/C11H16BrN5S/c1-3-5-13-9(11-8(12)4-6-18-11)7-10-14-16-17(2)15-10/h4,6,9,13H,3,5,7H2,1-2H3. The second-order valence-corrected chi connectivity index (χ2v) is 5.84. The molecule has 0 amide bonds. The Balaban J connectivity index is 2.12. The zero-order valence-electron chi connectivity index (χ0n) is 10.4. The molecule has 0 aliphatic heterocycles. The molecular weight excluding hydrogens is 314 g/mol. The molecule has 5 nitrogen and oxygen atoms in total. The molecule has 0 spiro atoms. The van der Waals surface area contributed by atoms with Crippen molar-refractivity contribution >= 4 is 27.3 Å². The number of hydrogen-bond donors (Lipinski definition) is 1. The number of thiophene rings is 1. The van der Waals surface area contributed by atoms with E-state index in [0.29, 0.717) is 0 Å². The summed E-state index contributed by atoms with van der Waals surface area (Å²) in [5.41, 5.74) is 0. The first-order valence-electron chi connectivity index (χ1n) is 5.90. The van der Waals surface area contributed by atoms with Crippen molar-refractivity contribution in [2.75, 3.05) is 6.54 Å². The van der Waals surface area contributed by atoms with E-state index in [-0.39, 0.29) is 6.04 Å². The summed E-state index contributed by atoms with van der Waals surface area (Å²) in [6, 6.07) is 2.31. The summed E-state index contributed by atoms with van der Waals surface area (Å²) in [6.45, 7) is 3.14. The number of aromatic nitrogens is 4. The summed E-state index contributed by atoms with van der Waals surface area (Å²) in [7, 11) is 1.78. The Morgan fingerprint density at radius 3 is 2.94 bits per heavy atom. The van der Waals surface area contributed by atoms with Crippen LogP contribution in [0.4, 0.5) is 0 Å². The molecule has 98 valence electrons. The second kappa shape index (κ2) is 6.40. The number of tetrazole rings is 1. The minimum Gasteiger partial charge on any atom is -0.309 e. The lowest BCUT2D eigenvalue weighted by atomic mass is 10.1. The Kier molecular flexibility index (Phi) is 4.85. The molecule has 0 aliphatic rings. The van der Waals surface area contributed by atoms with Crippen molar-refractivity contribution in [2.45, 2.75) is 25.8 Å². The van der Waals surface area contributed by atoms with Crippen LogP contribution < -0.4 is 5.32 Å². The highest BCUT2D eigenvalue weighted by Crippen LogP contribution is 2.30. The fourth-order valence-corrected chi connectivity index (χ4v) is 3.44. The molecule has 2 aromatic rings. The van der Waals surface area contributed by atoms with Crippen molar-refractivity contribution in [1.82, 2.24) is 25.5 Å². The van der Waals surface area contributed by atoms with E-state index in [0.717, 1.165) is 29.7 Å². The number of hydrogen-bond acceptors (Lipinski definition) is 5. The maximum atomic E-state index is 4.24. The number of rotatable bonds is 6. The van der Waals surface area contributed by atoms with Gasteiger partial charge in [-0.3, -0.25) is 0 Å². The van der Waals surface area contributed by atoms with Crippen molar-refractivity contribution in [3.05, 3.63) is 26.6 Å². The topological polar surface area (TPSA) is 55.6 Å². The minimum atomic E-state index is 0.239. The molecule has 0 aromatic carbocycles. The summed E-state index contributed by atoms with van der Waals surface area (Å²) in [5.74, 6) is 0.770. The number of halogens is 1. The van der Waals surface area contributed by atoms with Crippen LogP contribution in [0.2, 0.25) is 0 Å². The first kappa shape index (κ1) is 13.6. The van der Waals surface area contributed by atoms with E-state index >= 15 is 0 Å². The Bertz CT molecular complexity index is 495. The third-order valence-corrected chi connectivity index (χ3v) is 4.52. The molecule has 0 saturated carbocycles. The van der Waals surface area contributed by atoms with E-state index in [1.807, 2.05) is 0 Å². The Morgan fingerprint density at radius 1 is 1.56 bits per heavy atom. The van der Waals surface area contributed by atoms with Crippen molar-refractivity contribution in [2.24, 2.45) is 7.05 Å². The normalized spacial score (nSPS) is 12.8. The monoisotopic (exact) mass is 329 g/mol. The number of nitrogens with one attached hydrogen (secondary N) is 1. The molecule has 0 bridgehead atoms. The molecule has 0 radical (unpaired) electrons. The summed E-state index contributed by atoms with van der Waals surface area (Å²) in [6.07, 6.45) is 1.86. The van der Waals surface area contributed by atoms with Gasteiger partial charge < -0.3 is 5.32 Å². The third kappa shape index (κ3) is 3.37. The van der Waals surface area contributed by atoms with E-state index in [2.05, 4.69) is 55.0 Å². The fourth-order valence-electron chi connectivity index (χ4n) is 1.72. The van der Waals surface area contributed by atoms with Crippen LogP contribution in [-0.2, 0) is 13.5 Å². The predicted octanol–water partition coefficient (Wildman–Crippen LogP) is 2.32. The van der Waals surface area contributed by atoms with Gasteiger partial charge in [0.2, 0.25) is 0 Å². The Hall–Kier alpha value is -0.790. The van der Waals surface area contributed by atoms with Crippen LogP contribution in [0.1, 0.15) is 30.1 Å². The molecular formula is C11H16BrN5S. The van der Waals surface area contributed by atoms with E-state index < -0.39 is 0 Å². The van der Waals surface area contributed by atoms with Crippen LogP contribution in [0.3, 0.4) is 0 Å². The van der Waals surface area contributed by atoms with Crippen LogP contribution in [0.5, 0.6) is 0 Å². The summed E-state index contributed by atoms with van der Waals surface area (Å²) >= 11 is 5.33. The van der Waals surface area contributed by atoms with Crippen LogP contribution in [0, 0.1) is 0 Å². The molecule has 0 aliphatic carbocycles. The number of nitrogens with zero attached hydrogens (tertiary/aromatic N) is 4. The van der Waals surface area contributed by atoms with Gasteiger partial charge in [-0.15, -0.1) is 21.5 Å². The maximum absolute atomic E-state index is 4.24. The van der Waals surface area contributed by atoms with Gasteiger partial charge in [0.15, 0.2) is 5.82 Å². The Labute approximate surface area is 119 Å². The van der Waals surface area contributed by atoms with Gasteiger partial charge in [0.25, 0.3) is 0 Å². The zero-order chi connectivity index (χ0) is 13.0. The summed E-state index contributed by atoms with van der Waals surface area (Å²) in [5, 5.41) is 17.8. The quantitative estimate of drug-likeness (QED) is 0.883. The van der Waals surface area contributed by atoms with Crippen LogP contribution in [0.15, 0.2) is 15.9 Å². The highest BCUT2D eigenvalue weighted by molar-refractivity contribution is 9.10. The van der Waals surface area contributed by atoms with E-state index in [1.54, 1.807) is 18.4 Å². The molecule has 1 N–H and O–H groups in total. The first-order chi connectivity index (χ1) is 8.70. The van der Waals surface area contributed by atoms with Crippen LogP contribution >= 0.6 is 27.3 Å². The summed E-state index contributed by atoms with van der Waals surface area (Å²) < 4.78 is 1.14. The lowest BCUT2D eigenvalue weighted by Gasteiger charge is -2.16. The molecule has 7 heteroatoms. The van der Waals surface area contributed by atoms with Crippen LogP contribution in [-0.4, -0.2) is 26.8 Å². The Morgan fingerprint density at radius 2 is 2.39 bits per heavy atom. The smallest absolute Gasteiger partial charge is 0.176 e. The SMILES string of the molecule is CCCNC(Cc1nnn(C)n1)c1sccc1Br. The van der Waals surface area contributed by atoms with Gasteiger partial charge in [-0.1, -0.05) is 6.92 Å². The molecule has 1 atom stereocenters. The van der Waals surface area contributed by atoms with Gasteiger partial charge in [0.05, 0.1) is 7.05 Å². The van der Waals surface area contributed by atoms with Gasteiger partial charge in [-0.25, -0.2) is 0 Å². The molecule has 0 fully saturated rings. The molecule has 0 saturated heterocycles.